The van der Waals surface area contributed by atoms with E-state index < -0.39 is 0 Å². The van der Waals surface area contributed by atoms with Crippen molar-refractivity contribution in [2.75, 3.05) is 6.61 Å². The Morgan fingerprint density at radius 1 is 1.29 bits per heavy atom. The van der Waals surface area contributed by atoms with Crippen molar-refractivity contribution in [3.8, 4) is 0 Å². The summed E-state index contributed by atoms with van der Waals surface area (Å²) in [5, 5.41) is 10.3. The summed E-state index contributed by atoms with van der Waals surface area (Å²) in [5.74, 6) is 0.169. The second-order valence-electron chi connectivity index (χ2n) is 3.50. The summed E-state index contributed by atoms with van der Waals surface area (Å²) in [5.41, 5.74) is 2.16. The fraction of sp³-hybridized carbons (Fsp3) is 0.250. The molecule has 0 unspecified atom stereocenters. The van der Waals surface area contributed by atoms with Crippen LogP contribution in [0.2, 0.25) is 0 Å². The Balaban J connectivity index is 2.65. The number of pyridine rings is 1. The molecule has 72 valence electrons. The van der Waals surface area contributed by atoms with Crippen molar-refractivity contribution in [1.82, 2.24) is 4.98 Å². The molecule has 0 saturated carbocycles. The Morgan fingerprint density at radius 3 is 2.86 bits per heavy atom. The average Bonchev–Trinajstić information content (AvgIpc) is 2.27. The molecule has 1 heterocycles. The lowest BCUT2D eigenvalue weighted by atomic mass is 9.98. The van der Waals surface area contributed by atoms with Gasteiger partial charge in [0, 0.05) is 24.1 Å². The van der Waals surface area contributed by atoms with Gasteiger partial charge in [0.25, 0.3) is 0 Å². The van der Waals surface area contributed by atoms with Gasteiger partial charge in [0.2, 0.25) is 0 Å². The lowest BCUT2D eigenvalue weighted by Crippen LogP contribution is -2.00. The van der Waals surface area contributed by atoms with Gasteiger partial charge in [0.15, 0.2) is 0 Å². The maximum absolute atomic E-state index is 9.13. The molecule has 0 spiro atoms. The molecule has 0 radical (unpaired) electrons. The third kappa shape index (κ3) is 1.49. The molecular weight excluding hydrogens is 174 g/mol. The van der Waals surface area contributed by atoms with Crippen LogP contribution in [0.4, 0.5) is 0 Å². The predicted molar refractivity (Wildman–Crippen MR) is 57.2 cm³/mol. The van der Waals surface area contributed by atoms with Gasteiger partial charge in [0.05, 0.1) is 5.52 Å². The standard InChI is InChI=1S/C12H13NO/c1-9(8-14)10-6-7-13-12-5-3-2-4-11(10)12/h2-7,9,14H,8H2,1H3/t9-/m0/s1. The van der Waals surface area contributed by atoms with Gasteiger partial charge in [-0.3, -0.25) is 4.98 Å². The fourth-order valence-corrected chi connectivity index (χ4v) is 1.65. The van der Waals surface area contributed by atoms with Gasteiger partial charge in [-0.15, -0.1) is 0 Å². The molecule has 0 saturated heterocycles. The highest BCUT2D eigenvalue weighted by atomic mass is 16.3. The van der Waals surface area contributed by atoms with Crippen LogP contribution in [0.15, 0.2) is 36.5 Å². The molecule has 0 amide bonds. The zero-order chi connectivity index (χ0) is 9.97. The Hall–Kier alpha value is -1.41. The maximum Gasteiger partial charge on any atom is 0.0704 e. The fourth-order valence-electron chi connectivity index (χ4n) is 1.65. The number of benzene rings is 1. The molecule has 14 heavy (non-hydrogen) atoms. The first-order valence-electron chi connectivity index (χ1n) is 4.77. The summed E-state index contributed by atoms with van der Waals surface area (Å²) in [6, 6.07) is 9.98. The number of rotatable bonds is 2. The van der Waals surface area contributed by atoms with Crippen LogP contribution < -0.4 is 0 Å². The van der Waals surface area contributed by atoms with Gasteiger partial charge >= 0.3 is 0 Å². The van der Waals surface area contributed by atoms with Crippen molar-refractivity contribution >= 4 is 10.9 Å². The average molecular weight is 187 g/mol. The van der Waals surface area contributed by atoms with E-state index in [9.17, 15) is 0 Å². The van der Waals surface area contributed by atoms with Gasteiger partial charge < -0.3 is 5.11 Å². The van der Waals surface area contributed by atoms with Gasteiger partial charge in [-0.2, -0.15) is 0 Å². The van der Waals surface area contributed by atoms with Crippen molar-refractivity contribution in [2.45, 2.75) is 12.8 Å². The number of aliphatic hydroxyl groups is 1. The van der Waals surface area contributed by atoms with E-state index in [1.54, 1.807) is 6.20 Å². The second-order valence-corrected chi connectivity index (χ2v) is 3.50. The molecule has 0 aliphatic rings. The van der Waals surface area contributed by atoms with E-state index in [1.165, 1.54) is 0 Å². The first kappa shape index (κ1) is 9.16. The van der Waals surface area contributed by atoms with Crippen LogP contribution in [0.5, 0.6) is 0 Å². The Labute approximate surface area is 83.2 Å². The summed E-state index contributed by atoms with van der Waals surface area (Å²) >= 11 is 0. The number of aliphatic hydroxyl groups excluding tert-OH is 1. The van der Waals surface area contributed by atoms with E-state index in [1.807, 2.05) is 37.3 Å². The summed E-state index contributed by atoms with van der Waals surface area (Å²) in [6.07, 6.45) is 1.80. The third-order valence-electron chi connectivity index (χ3n) is 2.49. The first-order chi connectivity index (χ1) is 6.83. The van der Waals surface area contributed by atoms with Crippen molar-refractivity contribution in [3.05, 3.63) is 42.1 Å². The predicted octanol–water partition coefficient (Wildman–Crippen LogP) is 2.33. The minimum atomic E-state index is 0.169. The highest BCUT2D eigenvalue weighted by molar-refractivity contribution is 5.82. The Morgan fingerprint density at radius 2 is 2.07 bits per heavy atom. The van der Waals surface area contributed by atoms with Crippen molar-refractivity contribution in [2.24, 2.45) is 0 Å². The highest BCUT2D eigenvalue weighted by Crippen LogP contribution is 2.23. The second kappa shape index (κ2) is 3.76. The highest BCUT2D eigenvalue weighted by Gasteiger charge is 2.07. The zero-order valence-electron chi connectivity index (χ0n) is 8.14. The van der Waals surface area contributed by atoms with Crippen LogP contribution in [0.1, 0.15) is 18.4 Å². The summed E-state index contributed by atoms with van der Waals surface area (Å²) in [4.78, 5) is 4.28. The van der Waals surface area contributed by atoms with Gasteiger partial charge in [-0.1, -0.05) is 25.1 Å². The van der Waals surface area contributed by atoms with Gasteiger partial charge in [-0.25, -0.2) is 0 Å². The molecule has 0 aliphatic heterocycles. The smallest absolute Gasteiger partial charge is 0.0704 e. The lowest BCUT2D eigenvalue weighted by Gasteiger charge is -2.10. The van der Waals surface area contributed by atoms with E-state index in [-0.39, 0.29) is 12.5 Å². The van der Waals surface area contributed by atoms with E-state index in [0.717, 1.165) is 16.5 Å². The Kier molecular flexibility index (Phi) is 2.46. The van der Waals surface area contributed by atoms with Crippen LogP contribution in [0.3, 0.4) is 0 Å². The number of fused-ring (bicyclic) bond motifs is 1. The van der Waals surface area contributed by atoms with Gasteiger partial charge in [-0.05, 0) is 17.7 Å². The number of aromatic nitrogens is 1. The van der Waals surface area contributed by atoms with E-state index in [2.05, 4.69) is 4.98 Å². The summed E-state index contributed by atoms with van der Waals surface area (Å²) in [7, 11) is 0. The molecule has 1 aromatic heterocycles. The molecule has 0 fully saturated rings. The first-order valence-corrected chi connectivity index (χ1v) is 4.77. The maximum atomic E-state index is 9.13. The van der Waals surface area contributed by atoms with Crippen LogP contribution in [-0.2, 0) is 0 Å². The van der Waals surface area contributed by atoms with Crippen LogP contribution in [0, 0.1) is 0 Å². The van der Waals surface area contributed by atoms with Crippen molar-refractivity contribution in [1.29, 1.82) is 0 Å². The SMILES string of the molecule is C[C@@H](CO)c1ccnc2ccccc12. The molecule has 1 N–H and O–H groups in total. The molecule has 2 aromatic rings. The van der Waals surface area contributed by atoms with Gasteiger partial charge in [0.1, 0.15) is 0 Å². The lowest BCUT2D eigenvalue weighted by molar-refractivity contribution is 0.273. The van der Waals surface area contributed by atoms with E-state index in [4.69, 9.17) is 5.11 Å². The summed E-state index contributed by atoms with van der Waals surface area (Å²) in [6.45, 7) is 2.19. The largest absolute Gasteiger partial charge is 0.396 e. The molecule has 2 rings (SSSR count). The summed E-state index contributed by atoms with van der Waals surface area (Å²) < 4.78 is 0. The monoisotopic (exact) mass is 187 g/mol. The number of hydrogen-bond acceptors (Lipinski definition) is 2. The normalized spacial score (nSPS) is 13.0. The third-order valence-corrected chi connectivity index (χ3v) is 2.49. The minimum Gasteiger partial charge on any atom is -0.396 e. The molecule has 1 atom stereocenters. The number of para-hydroxylation sites is 1. The quantitative estimate of drug-likeness (QED) is 0.782. The topological polar surface area (TPSA) is 33.1 Å². The van der Waals surface area contributed by atoms with E-state index in [0.29, 0.717) is 0 Å². The van der Waals surface area contributed by atoms with Crippen LogP contribution >= 0.6 is 0 Å². The van der Waals surface area contributed by atoms with Crippen molar-refractivity contribution < 1.29 is 5.11 Å². The molecule has 2 heteroatoms. The molecule has 0 aliphatic carbocycles. The number of hydrogen-bond donors (Lipinski definition) is 1. The molecular formula is C12H13NO. The van der Waals surface area contributed by atoms with Crippen LogP contribution in [0.25, 0.3) is 10.9 Å². The Bertz CT molecular complexity index is 434. The van der Waals surface area contributed by atoms with Crippen LogP contribution in [-0.4, -0.2) is 16.7 Å². The van der Waals surface area contributed by atoms with E-state index >= 15 is 0 Å². The molecule has 0 bridgehead atoms. The molecule has 1 aromatic carbocycles. The number of nitrogens with zero attached hydrogens (tertiary/aromatic N) is 1. The zero-order valence-corrected chi connectivity index (χ0v) is 8.14. The molecule has 2 nitrogen and oxygen atoms in total. The van der Waals surface area contributed by atoms with Crippen molar-refractivity contribution in [3.63, 3.8) is 0 Å². The minimum absolute atomic E-state index is 0.169.